The molecule has 0 saturated carbocycles. The Labute approximate surface area is 111 Å². The molecule has 4 heteroatoms. The molecular formula is C15H14O4. The van der Waals surface area contributed by atoms with Gasteiger partial charge in [-0.2, -0.15) is 0 Å². The molecule has 19 heavy (non-hydrogen) atoms. The average Bonchev–Trinajstić information content (AvgIpc) is 2.46. The third-order valence-electron chi connectivity index (χ3n) is 2.62. The van der Waals surface area contributed by atoms with E-state index in [0.717, 1.165) is 0 Å². The number of rotatable bonds is 4. The molecule has 0 aromatic heterocycles. The van der Waals surface area contributed by atoms with Gasteiger partial charge in [-0.1, -0.05) is 24.3 Å². The van der Waals surface area contributed by atoms with Gasteiger partial charge in [0.2, 0.25) is 0 Å². The van der Waals surface area contributed by atoms with E-state index in [1.54, 1.807) is 36.4 Å². The third-order valence-corrected chi connectivity index (χ3v) is 2.62. The Kier molecular flexibility index (Phi) is 4.03. The van der Waals surface area contributed by atoms with Gasteiger partial charge in [0.05, 0.1) is 12.7 Å². The van der Waals surface area contributed by atoms with Crippen LogP contribution in [-0.2, 0) is 11.3 Å². The number of methoxy groups -OCH3 is 1. The van der Waals surface area contributed by atoms with Gasteiger partial charge < -0.3 is 14.6 Å². The summed E-state index contributed by atoms with van der Waals surface area (Å²) in [6, 6.07) is 13.6. The highest BCUT2D eigenvalue weighted by Gasteiger charge is 2.08. The molecule has 0 unspecified atom stereocenters. The quantitative estimate of drug-likeness (QED) is 0.857. The number of phenols is 1. The third kappa shape index (κ3) is 3.25. The van der Waals surface area contributed by atoms with Crippen molar-refractivity contribution in [2.24, 2.45) is 0 Å². The van der Waals surface area contributed by atoms with E-state index < -0.39 is 5.97 Å². The number of ether oxygens (including phenoxy) is 2. The maximum Gasteiger partial charge on any atom is 0.338 e. The van der Waals surface area contributed by atoms with Gasteiger partial charge in [-0.3, -0.25) is 0 Å². The van der Waals surface area contributed by atoms with Crippen molar-refractivity contribution in [3.8, 4) is 11.5 Å². The maximum absolute atomic E-state index is 11.7. The summed E-state index contributed by atoms with van der Waals surface area (Å²) in [5, 5.41) is 9.61. The smallest absolute Gasteiger partial charge is 0.338 e. The van der Waals surface area contributed by atoms with Crippen LogP contribution in [0.3, 0.4) is 0 Å². The molecule has 2 rings (SSSR count). The lowest BCUT2D eigenvalue weighted by atomic mass is 10.2. The minimum atomic E-state index is -0.393. The number of esters is 1. The van der Waals surface area contributed by atoms with Gasteiger partial charge in [0, 0.05) is 0 Å². The fourth-order valence-corrected chi connectivity index (χ4v) is 1.63. The molecule has 0 atom stereocenters. The Bertz CT molecular complexity index is 564. The van der Waals surface area contributed by atoms with Crippen LogP contribution in [0, 0.1) is 0 Å². The molecule has 0 aliphatic heterocycles. The zero-order valence-electron chi connectivity index (χ0n) is 10.5. The van der Waals surface area contributed by atoms with E-state index in [1.807, 2.05) is 6.07 Å². The summed E-state index contributed by atoms with van der Waals surface area (Å²) in [5.74, 6) is 0.0183. The number of aromatic hydroxyl groups is 1. The van der Waals surface area contributed by atoms with Crippen molar-refractivity contribution < 1.29 is 19.4 Å². The van der Waals surface area contributed by atoms with Crippen molar-refractivity contribution in [3.05, 3.63) is 59.7 Å². The van der Waals surface area contributed by atoms with Crippen LogP contribution in [0.15, 0.2) is 48.5 Å². The Morgan fingerprint density at radius 3 is 2.53 bits per heavy atom. The first kappa shape index (κ1) is 13.0. The summed E-state index contributed by atoms with van der Waals surface area (Å²) in [6.07, 6.45) is 0. The molecule has 0 aliphatic rings. The molecule has 4 nitrogen and oxygen atoms in total. The molecule has 2 aromatic rings. The number of carbonyl (C=O) groups excluding carboxylic acids is 1. The molecule has 0 spiro atoms. The maximum atomic E-state index is 11.7. The molecule has 0 bridgehead atoms. The van der Waals surface area contributed by atoms with Crippen molar-refractivity contribution in [2.45, 2.75) is 6.61 Å². The number of phenolic OH excluding ortho intramolecular Hbond substituents is 1. The van der Waals surface area contributed by atoms with E-state index in [4.69, 9.17) is 9.47 Å². The second-order valence-electron chi connectivity index (χ2n) is 3.95. The summed E-state index contributed by atoms with van der Waals surface area (Å²) in [4.78, 5) is 11.7. The van der Waals surface area contributed by atoms with Gasteiger partial charge >= 0.3 is 5.97 Å². The van der Waals surface area contributed by atoms with Crippen LogP contribution in [0.1, 0.15) is 15.9 Å². The highest BCUT2D eigenvalue weighted by molar-refractivity contribution is 5.89. The van der Waals surface area contributed by atoms with Gasteiger partial charge in [-0.15, -0.1) is 0 Å². The summed E-state index contributed by atoms with van der Waals surface area (Å²) >= 11 is 0. The largest absolute Gasteiger partial charge is 0.504 e. The van der Waals surface area contributed by atoms with Gasteiger partial charge in [-0.05, 0) is 29.8 Å². The lowest BCUT2D eigenvalue weighted by molar-refractivity contribution is 0.0472. The summed E-state index contributed by atoms with van der Waals surface area (Å²) in [6.45, 7) is 0.102. The number of hydrogen-bond acceptors (Lipinski definition) is 4. The van der Waals surface area contributed by atoms with Crippen molar-refractivity contribution in [3.63, 3.8) is 0 Å². The standard InChI is InChI=1S/C15H14O4/c1-18-14-8-7-11(9-13(14)16)10-19-15(17)12-5-3-2-4-6-12/h2-9,16H,10H2,1H3. The van der Waals surface area contributed by atoms with Crippen molar-refractivity contribution >= 4 is 5.97 Å². The number of hydrogen-bond donors (Lipinski definition) is 1. The Morgan fingerprint density at radius 2 is 1.89 bits per heavy atom. The Hall–Kier alpha value is -2.49. The van der Waals surface area contributed by atoms with Crippen LogP contribution in [0.4, 0.5) is 0 Å². The first-order valence-electron chi connectivity index (χ1n) is 5.79. The number of carbonyl (C=O) groups is 1. The van der Waals surface area contributed by atoms with E-state index >= 15 is 0 Å². The van der Waals surface area contributed by atoms with E-state index in [1.165, 1.54) is 13.2 Å². The van der Waals surface area contributed by atoms with Crippen LogP contribution in [0.5, 0.6) is 11.5 Å². The summed E-state index contributed by atoms with van der Waals surface area (Å²) in [7, 11) is 1.48. The lowest BCUT2D eigenvalue weighted by Crippen LogP contribution is -2.04. The van der Waals surface area contributed by atoms with Gasteiger partial charge in [0.15, 0.2) is 11.5 Å². The van der Waals surface area contributed by atoms with Crippen molar-refractivity contribution in [2.75, 3.05) is 7.11 Å². The van der Waals surface area contributed by atoms with E-state index in [0.29, 0.717) is 16.9 Å². The Morgan fingerprint density at radius 1 is 1.16 bits per heavy atom. The van der Waals surface area contributed by atoms with Crippen molar-refractivity contribution in [1.29, 1.82) is 0 Å². The molecule has 0 radical (unpaired) electrons. The normalized spacial score (nSPS) is 9.95. The highest BCUT2D eigenvalue weighted by atomic mass is 16.5. The van der Waals surface area contributed by atoms with E-state index in [2.05, 4.69) is 0 Å². The lowest BCUT2D eigenvalue weighted by Gasteiger charge is -2.07. The monoisotopic (exact) mass is 258 g/mol. The molecule has 0 amide bonds. The average molecular weight is 258 g/mol. The van der Waals surface area contributed by atoms with Crippen molar-refractivity contribution in [1.82, 2.24) is 0 Å². The van der Waals surface area contributed by atoms with E-state index in [9.17, 15) is 9.90 Å². The molecule has 0 saturated heterocycles. The number of benzene rings is 2. The van der Waals surface area contributed by atoms with Gasteiger partial charge in [0.1, 0.15) is 6.61 Å². The molecule has 0 aliphatic carbocycles. The zero-order valence-corrected chi connectivity index (χ0v) is 10.5. The minimum Gasteiger partial charge on any atom is -0.504 e. The van der Waals surface area contributed by atoms with Gasteiger partial charge in [-0.25, -0.2) is 4.79 Å². The first-order valence-corrected chi connectivity index (χ1v) is 5.79. The summed E-state index contributed by atoms with van der Waals surface area (Å²) in [5.41, 5.74) is 1.20. The predicted octanol–water partition coefficient (Wildman–Crippen LogP) is 2.76. The molecule has 98 valence electrons. The van der Waals surface area contributed by atoms with Crippen LogP contribution < -0.4 is 4.74 Å². The fourth-order valence-electron chi connectivity index (χ4n) is 1.63. The van der Waals surface area contributed by atoms with Crippen LogP contribution in [-0.4, -0.2) is 18.2 Å². The fraction of sp³-hybridized carbons (Fsp3) is 0.133. The molecular weight excluding hydrogens is 244 g/mol. The topological polar surface area (TPSA) is 55.8 Å². The Balaban J connectivity index is 1.99. The highest BCUT2D eigenvalue weighted by Crippen LogP contribution is 2.26. The van der Waals surface area contributed by atoms with Crippen LogP contribution in [0.25, 0.3) is 0 Å². The summed E-state index contributed by atoms with van der Waals surface area (Å²) < 4.78 is 10.1. The van der Waals surface area contributed by atoms with E-state index in [-0.39, 0.29) is 12.4 Å². The van der Waals surface area contributed by atoms with Crippen LogP contribution >= 0.6 is 0 Å². The second-order valence-corrected chi connectivity index (χ2v) is 3.95. The SMILES string of the molecule is COc1ccc(COC(=O)c2ccccc2)cc1O. The minimum absolute atomic E-state index is 0.0239. The zero-order chi connectivity index (χ0) is 13.7. The van der Waals surface area contributed by atoms with Crippen LogP contribution in [0.2, 0.25) is 0 Å². The van der Waals surface area contributed by atoms with Gasteiger partial charge in [0.25, 0.3) is 0 Å². The first-order chi connectivity index (χ1) is 9.20. The molecule has 2 aromatic carbocycles. The molecule has 0 heterocycles. The molecule has 1 N–H and O–H groups in total. The molecule has 0 fully saturated rings. The predicted molar refractivity (Wildman–Crippen MR) is 70.2 cm³/mol. The second kappa shape index (κ2) is 5.91.